The summed E-state index contributed by atoms with van der Waals surface area (Å²) < 4.78 is 41.4. The molecule has 0 saturated carbocycles. The maximum absolute atomic E-state index is 13.1. The van der Waals surface area contributed by atoms with Crippen molar-refractivity contribution >= 4 is 11.8 Å². The van der Waals surface area contributed by atoms with Crippen molar-refractivity contribution in [2.24, 2.45) is 6.98 Å². The molecule has 0 aliphatic carbocycles. The molecule has 168 valence electrons. The molecule has 33 heavy (non-hydrogen) atoms. The number of amides is 2. The van der Waals surface area contributed by atoms with Crippen molar-refractivity contribution in [2.75, 3.05) is 0 Å². The predicted molar refractivity (Wildman–Crippen MR) is 106 cm³/mol. The second-order valence-electron chi connectivity index (χ2n) is 7.27. The molecule has 0 atom stereocenters. The molecule has 2 amide bonds. The van der Waals surface area contributed by atoms with Crippen LogP contribution >= 0.6 is 0 Å². The van der Waals surface area contributed by atoms with Crippen molar-refractivity contribution in [3.05, 3.63) is 69.3 Å². The van der Waals surface area contributed by atoms with Crippen molar-refractivity contribution in [1.29, 1.82) is 0 Å². The van der Waals surface area contributed by atoms with E-state index in [0.717, 1.165) is 0 Å². The Labute approximate surface area is 234 Å². The van der Waals surface area contributed by atoms with Crippen LogP contribution in [0.25, 0.3) is 0 Å². The van der Waals surface area contributed by atoms with E-state index in [4.69, 9.17) is 8.53 Å². The van der Waals surface area contributed by atoms with Crippen LogP contribution in [0.5, 0.6) is 5.75 Å². The molecule has 0 bridgehead atoms. The molecule has 0 spiro atoms. The third-order valence-electron chi connectivity index (χ3n) is 4.33. The Morgan fingerprint density at radius 2 is 1.91 bits per heavy atom. The second-order valence-corrected chi connectivity index (χ2v) is 7.27. The van der Waals surface area contributed by atoms with Gasteiger partial charge in [0.05, 0.1) is 5.54 Å². The van der Waals surface area contributed by atoms with Crippen LogP contribution < -0.4 is 72.7 Å². The topological polar surface area (TPSA) is 155 Å². The summed E-state index contributed by atoms with van der Waals surface area (Å²) in [6.45, 7) is 0.775. The van der Waals surface area contributed by atoms with Crippen LogP contribution in [-0.2, 0) is 19.1 Å². The Morgan fingerprint density at radius 3 is 2.48 bits per heavy atom. The number of hydrogen-bond acceptors (Lipinski definition) is 8. The van der Waals surface area contributed by atoms with Gasteiger partial charge < -0.3 is 20.2 Å². The minimum atomic E-state index is -3.16. The number of aryl methyl sites for hydroxylation is 1. The van der Waals surface area contributed by atoms with Gasteiger partial charge in [0.25, 0.3) is 5.91 Å². The Hall–Kier alpha value is -2.45. The molecule has 0 saturated heterocycles. The molecule has 2 N–H and O–H groups in total. The number of hydrogen-bond donors (Lipinski definition) is 2. The van der Waals surface area contributed by atoms with E-state index in [1.54, 1.807) is 0 Å². The van der Waals surface area contributed by atoms with E-state index in [2.05, 4.69) is 25.8 Å². The first-order valence-corrected chi connectivity index (χ1v) is 9.21. The summed E-state index contributed by atoms with van der Waals surface area (Å²) >= 11 is 0. The minimum Gasteiger partial charge on any atom is -0.867 e. The van der Waals surface area contributed by atoms with Gasteiger partial charge >= 0.3 is 63.2 Å². The van der Waals surface area contributed by atoms with Crippen LogP contribution in [0, 0.1) is 12.7 Å². The SMILES string of the molecule is [2H][13C]([2H])([2H])n1c(C(C)(C)NC(=O)c2nnc(C)o2)nc(C(=O)NCc2ccc(F)cc2)c([O-])c1=O.[K+]. The van der Waals surface area contributed by atoms with E-state index in [1.807, 2.05) is 0 Å². The third-order valence-corrected chi connectivity index (χ3v) is 4.33. The molecule has 0 aliphatic heterocycles. The number of carbonyl (C=O) groups is 2. The Bertz CT molecular complexity index is 1340. The van der Waals surface area contributed by atoms with E-state index in [-0.39, 0.29) is 68.4 Å². The average Bonchev–Trinajstić information content (AvgIpc) is 3.20. The number of nitrogens with zero attached hydrogens (tertiary/aromatic N) is 4. The molecule has 0 aliphatic rings. The Balaban J connectivity index is 0.00000456. The average molecular weight is 487 g/mol. The fourth-order valence-corrected chi connectivity index (χ4v) is 2.73. The molecule has 3 aromatic rings. The van der Waals surface area contributed by atoms with Crippen molar-refractivity contribution in [3.63, 3.8) is 0 Å². The zero-order valence-electron chi connectivity index (χ0n) is 21.2. The Kier molecular flexibility index (Phi) is 7.21. The fraction of sp³-hybridized carbons (Fsp3) is 0.300. The quantitative estimate of drug-likeness (QED) is 0.281. The summed E-state index contributed by atoms with van der Waals surface area (Å²) in [5, 5.41) is 24.5. The monoisotopic (exact) mass is 486 g/mol. The Morgan fingerprint density at radius 1 is 1.24 bits per heavy atom. The van der Waals surface area contributed by atoms with Gasteiger partial charge in [-0.15, -0.1) is 10.2 Å². The summed E-state index contributed by atoms with van der Waals surface area (Å²) in [6, 6.07) is 5.14. The summed E-state index contributed by atoms with van der Waals surface area (Å²) in [7, 11) is 0. The van der Waals surface area contributed by atoms with E-state index in [9.17, 15) is 23.9 Å². The van der Waals surface area contributed by atoms with E-state index in [0.29, 0.717) is 5.56 Å². The zero-order valence-corrected chi connectivity index (χ0v) is 21.3. The molecule has 2 aromatic heterocycles. The molecule has 2 heterocycles. The van der Waals surface area contributed by atoms with Gasteiger partial charge in [0.1, 0.15) is 17.3 Å². The molecule has 0 fully saturated rings. The number of nitrogens with one attached hydrogen (secondary N) is 2. The van der Waals surface area contributed by atoms with E-state index < -0.39 is 58.9 Å². The van der Waals surface area contributed by atoms with Crippen LogP contribution in [0.15, 0.2) is 33.5 Å². The molecular formula is C20H20FKN6O5. The third kappa shape index (κ3) is 6.12. The maximum Gasteiger partial charge on any atom is 1.00 e. The van der Waals surface area contributed by atoms with Crippen LogP contribution in [-0.4, -0.2) is 31.6 Å². The van der Waals surface area contributed by atoms with Gasteiger partial charge in [0, 0.05) is 24.6 Å². The molecule has 3 rings (SSSR count). The summed E-state index contributed by atoms with van der Waals surface area (Å²) in [6.07, 6.45) is 0. The first kappa shape index (κ1) is 22.3. The van der Waals surface area contributed by atoms with Crippen LogP contribution in [0.2, 0.25) is 0 Å². The van der Waals surface area contributed by atoms with Gasteiger partial charge in [-0.2, -0.15) is 0 Å². The van der Waals surface area contributed by atoms with Crippen LogP contribution in [0.3, 0.4) is 0 Å². The number of aromatic nitrogens is 4. The number of halogens is 1. The fourth-order valence-electron chi connectivity index (χ4n) is 2.73. The first-order valence-electron chi connectivity index (χ1n) is 10.7. The standard InChI is InChI=1S/C20H21FN6O5.K/c1-10-25-26-17(32-10)16(30)24-20(2,3)19-23-13(14(28)18(31)27(19)4)15(29)22-9-11-5-7-12(21)8-6-11;/h5-8,28H,9H2,1-4H3,(H,22,29)(H,24,30);/q;+1/p-1/i4+1D3;. The number of rotatable bonds is 6. The molecule has 1 aromatic carbocycles. The molecular weight excluding hydrogens is 463 g/mol. The molecule has 13 heteroatoms. The summed E-state index contributed by atoms with van der Waals surface area (Å²) in [5.41, 5.74) is -3.61. The smallest absolute Gasteiger partial charge is 0.867 e. The largest absolute Gasteiger partial charge is 1.00 e. The summed E-state index contributed by atoms with van der Waals surface area (Å²) in [4.78, 5) is 41.9. The van der Waals surface area contributed by atoms with E-state index >= 15 is 0 Å². The minimum absolute atomic E-state index is 0. The molecule has 0 radical (unpaired) electrons. The molecule has 0 unspecified atom stereocenters. The van der Waals surface area contributed by atoms with E-state index in [1.165, 1.54) is 45.0 Å². The van der Waals surface area contributed by atoms with Gasteiger partial charge in [-0.05, 0) is 37.3 Å². The van der Waals surface area contributed by atoms with Gasteiger partial charge in [-0.1, -0.05) is 12.1 Å². The first-order chi connectivity index (χ1) is 16.2. The number of carbonyl (C=O) groups excluding carboxylic acids is 2. The van der Waals surface area contributed by atoms with Crippen molar-refractivity contribution in [1.82, 2.24) is 30.4 Å². The van der Waals surface area contributed by atoms with Gasteiger partial charge in [-0.3, -0.25) is 19.0 Å². The second kappa shape index (κ2) is 10.7. The van der Waals surface area contributed by atoms with Gasteiger partial charge in [-0.25, -0.2) is 9.37 Å². The van der Waals surface area contributed by atoms with Crippen LogP contribution in [0.1, 0.15) is 56.4 Å². The molecule has 11 nitrogen and oxygen atoms in total. The van der Waals surface area contributed by atoms with Crippen molar-refractivity contribution in [3.8, 4) is 5.75 Å². The number of benzene rings is 1. The van der Waals surface area contributed by atoms with Gasteiger partial charge in [0.15, 0.2) is 0 Å². The van der Waals surface area contributed by atoms with Crippen molar-refractivity contribution < 1.29 is 79.0 Å². The van der Waals surface area contributed by atoms with Crippen LogP contribution in [0.4, 0.5) is 4.39 Å². The van der Waals surface area contributed by atoms with Crippen molar-refractivity contribution in [2.45, 2.75) is 32.9 Å². The van der Waals surface area contributed by atoms with Gasteiger partial charge in [0.2, 0.25) is 11.4 Å². The normalized spacial score (nSPS) is 12.7. The predicted octanol–water partition coefficient (Wildman–Crippen LogP) is -2.72. The summed E-state index contributed by atoms with van der Waals surface area (Å²) in [5.74, 6) is -4.82. The maximum atomic E-state index is 13.1. The zero-order chi connectivity index (χ0) is 26.1.